The summed E-state index contributed by atoms with van der Waals surface area (Å²) in [5.74, 6) is 0.989. The zero-order valence-electron chi connectivity index (χ0n) is 8.97. The molecule has 16 heavy (non-hydrogen) atoms. The van der Waals surface area contributed by atoms with Crippen molar-refractivity contribution < 1.29 is 4.79 Å². The van der Waals surface area contributed by atoms with E-state index in [1.807, 2.05) is 4.90 Å². The Balaban J connectivity index is 2.05. The van der Waals surface area contributed by atoms with Gasteiger partial charge in [0.05, 0.1) is 6.20 Å². The SMILES string of the molecule is O=C(c1cnccn1)N1CCC[C@@H](CCl)C1. The number of carbonyl (C=O) groups is 1. The Morgan fingerprint density at radius 2 is 2.44 bits per heavy atom. The molecule has 0 bridgehead atoms. The maximum absolute atomic E-state index is 12.0. The van der Waals surface area contributed by atoms with Crippen molar-refractivity contribution in [1.82, 2.24) is 14.9 Å². The molecule has 0 spiro atoms. The Hall–Kier alpha value is -1.16. The highest BCUT2D eigenvalue weighted by atomic mass is 35.5. The molecule has 1 atom stereocenters. The lowest BCUT2D eigenvalue weighted by Crippen LogP contribution is -2.40. The van der Waals surface area contributed by atoms with Crippen LogP contribution in [0.5, 0.6) is 0 Å². The number of hydrogen-bond acceptors (Lipinski definition) is 3. The van der Waals surface area contributed by atoms with Crippen molar-refractivity contribution in [2.75, 3.05) is 19.0 Å². The lowest BCUT2D eigenvalue weighted by atomic mass is 10.00. The number of carbonyl (C=O) groups excluding carboxylic acids is 1. The largest absolute Gasteiger partial charge is 0.337 e. The van der Waals surface area contributed by atoms with Crippen LogP contribution in [-0.4, -0.2) is 39.7 Å². The molecule has 86 valence electrons. The van der Waals surface area contributed by atoms with Crippen molar-refractivity contribution in [3.05, 3.63) is 24.3 Å². The summed E-state index contributed by atoms with van der Waals surface area (Å²) in [6.45, 7) is 1.53. The van der Waals surface area contributed by atoms with Crippen molar-refractivity contribution in [3.8, 4) is 0 Å². The first-order valence-electron chi connectivity index (χ1n) is 5.42. The van der Waals surface area contributed by atoms with Crippen LogP contribution in [0.15, 0.2) is 18.6 Å². The normalized spacial score (nSPS) is 20.8. The number of likely N-dealkylation sites (tertiary alicyclic amines) is 1. The monoisotopic (exact) mass is 239 g/mol. The van der Waals surface area contributed by atoms with Crippen molar-refractivity contribution >= 4 is 17.5 Å². The Kier molecular flexibility index (Phi) is 3.72. The van der Waals surface area contributed by atoms with Crippen molar-refractivity contribution in [3.63, 3.8) is 0 Å². The van der Waals surface area contributed by atoms with E-state index in [0.717, 1.165) is 25.9 Å². The fourth-order valence-corrected chi connectivity index (χ4v) is 2.20. The minimum Gasteiger partial charge on any atom is -0.337 e. The van der Waals surface area contributed by atoms with Crippen LogP contribution in [-0.2, 0) is 0 Å². The Labute approximate surface area is 99.6 Å². The molecule has 1 aromatic rings. The second-order valence-corrected chi connectivity index (χ2v) is 4.31. The van der Waals surface area contributed by atoms with Crippen LogP contribution in [0, 0.1) is 5.92 Å². The summed E-state index contributed by atoms with van der Waals surface area (Å²) in [7, 11) is 0. The summed E-state index contributed by atoms with van der Waals surface area (Å²) in [6.07, 6.45) is 6.73. The van der Waals surface area contributed by atoms with Gasteiger partial charge in [0.25, 0.3) is 5.91 Å². The first-order chi connectivity index (χ1) is 7.81. The van der Waals surface area contributed by atoms with Gasteiger partial charge in [0, 0.05) is 31.4 Å². The summed E-state index contributed by atoms with van der Waals surface area (Å²) < 4.78 is 0. The van der Waals surface area contributed by atoms with Gasteiger partial charge in [-0.15, -0.1) is 11.6 Å². The highest BCUT2D eigenvalue weighted by Gasteiger charge is 2.24. The molecule has 1 aliphatic rings. The second kappa shape index (κ2) is 5.25. The molecule has 2 heterocycles. The van der Waals surface area contributed by atoms with E-state index >= 15 is 0 Å². The molecule has 4 nitrogen and oxygen atoms in total. The summed E-state index contributed by atoms with van der Waals surface area (Å²) in [5, 5.41) is 0. The number of alkyl halides is 1. The minimum atomic E-state index is -0.0390. The van der Waals surface area contributed by atoms with E-state index in [1.54, 1.807) is 6.20 Å². The van der Waals surface area contributed by atoms with Gasteiger partial charge in [-0.05, 0) is 18.8 Å². The van der Waals surface area contributed by atoms with Gasteiger partial charge < -0.3 is 4.90 Å². The van der Waals surface area contributed by atoms with E-state index in [2.05, 4.69) is 9.97 Å². The van der Waals surface area contributed by atoms with Crippen molar-refractivity contribution in [1.29, 1.82) is 0 Å². The zero-order chi connectivity index (χ0) is 11.4. The van der Waals surface area contributed by atoms with E-state index in [0.29, 0.717) is 17.5 Å². The molecular weight excluding hydrogens is 226 g/mol. The fraction of sp³-hybridized carbons (Fsp3) is 0.545. The van der Waals surface area contributed by atoms with Gasteiger partial charge in [0.15, 0.2) is 0 Å². The van der Waals surface area contributed by atoms with Crippen LogP contribution < -0.4 is 0 Å². The van der Waals surface area contributed by atoms with Crippen LogP contribution in [0.4, 0.5) is 0 Å². The summed E-state index contributed by atoms with van der Waals surface area (Å²) in [4.78, 5) is 21.8. The Bertz CT molecular complexity index is 358. The quantitative estimate of drug-likeness (QED) is 0.736. The van der Waals surface area contributed by atoms with Gasteiger partial charge in [-0.2, -0.15) is 0 Å². The lowest BCUT2D eigenvalue weighted by Gasteiger charge is -2.31. The Morgan fingerprint density at radius 1 is 1.56 bits per heavy atom. The molecule has 0 saturated carbocycles. The second-order valence-electron chi connectivity index (χ2n) is 4.00. The van der Waals surface area contributed by atoms with Crippen LogP contribution in [0.3, 0.4) is 0 Å². The van der Waals surface area contributed by atoms with E-state index in [-0.39, 0.29) is 5.91 Å². The fourth-order valence-electron chi connectivity index (χ4n) is 1.95. The highest BCUT2D eigenvalue weighted by molar-refractivity contribution is 6.18. The van der Waals surface area contributed by atoms with Gasteiger partial charge in [0.2, 0.25) is 0 Å². The molecule has 0 aliphatic carbocycles. The predicted molar refractivity (Wildman–Crippen MR) is 61.4 cm³/mol. The third kappa shape index (κ3) is 2.50. The Morgan fingerprint density at radius 3 is 3.12 bits per heavy atom. The lowest BCUT2D eigenvalue weighted by molar-refractivity contribution is 0.0678. The first-order valence-corrected chi connectivity index (χ1v) is 5.96. The van der Waals surface area contributed by atoms with Crippen LogP contribution in [0.1, 0.15) is 23.3 Å². The number of halogens is 1. The molecule has 0 aromatic carbocycles. The van der Waals surface area contributed by atoms with Crippen molar-refractivity contribution in [2.24, 2.45) is 5.92 Å². The van der Waals surface area contributed by atoms with Crippen molar-refractivity contribution in [2.45, 2.75) is 12.8 Å². The van der Waals surface area contributed by atoms with E-state index in [4.69, 9.17) is 11.6 Å². The zero-order valence-corrected chi connectivity index (χ0v) is 9.73. The average molecular weight is 240 g/mol. The van der Waals surface area contributed by atoms with Gasteiger partial charge >= 0.3 is 0 Å². The third-order valence-corrected chi connectivity index (χ3v) is 3.24. The van der Waals surface area contributed by atoms with E-state index in [9.17, 15) is 4.79 Å². The van der Waals surface area contributed by atoms with E-state index in [1.165, 1.54) is 12.4 Å². The van der Waals surface area contributed by atoms with Gasteiger partial charge in [-0.3, -0.25) is 9.78 Å². The minimum absolute atomic E-state index is 0.0390. The number of hydrogen-bond donors (Lipinski definition) is 0. The molecule has 1 fully saturated rings. The molecule has 0 N–H and O–H groups in total. The standard InChI is InChI=1S/C11H14ClN3O/c12-6-9-2-1-5-15(8-9)11(16)10-7-13-3-4-14-10/h3-4,7,9H,1-2,5-6,8H2/t9-/m0/s1. The van der Waals surface area contributed by atoms with Gasteiger partial charge in [-0.1, -0.05) is 0 Å². The number of nitrogens with zero attached hydrogens (tertiary/aromatic N) is 3. The molecular formula is C11H14ClN3O. The molecule has 0 radical (unpaired) electrons. The number of amides is 1. The van der Waals surface area contributed by atoms with Crippen LogP contribution in [0.2, 0.25) is 0 Å². The molecule has 1 saturated heterocycles. The predicted octanol–water partition coefficient (Wildman–Crippen LogP) is 1.57. The molecule has 1 aromatic heterocycles. The maximum atomic E-state index is 12.0. The summed E-state index contributed by atoms with van der Waals surface area (Å²) in [5.41, 5.74) is 0.415. The number of rotatable bonds is 2. The van der Waals surface area contributed by atoms with Gasteiger partial charge in [0.1, 0.15) is 5.69 Å². The number of aromatic nitrogens is 2. The van der Waals surface area contributed by atoms with Crippen LogP contribution >= 0.6 is 11.6 Å². The smallest absolute Gasteiger partial charge is 0.274 e. The molecule has 5 heteroatoms. The topological polar surface area (TPSA) is 46.1 Å². The first kappa shape index (κ1) is 11.3. The molecule has 0 unspecified atom stereocenters. The summed E-state index contributed by atoms with van der Waals surface area (Å²) >= 11 is 5.83. The average Bonchev–Trinajstić information content (AvgIpc) is 2.39. The third-order valence-electron chi connectivity index (χ3n) is 2.81. The summed E-state index contributed by atoms with van der Waals surface area (Å²) in [6, 6.07) is 0. The van der Waals surface area contributed by atoms with Gasteiger partial charge in [-0.25, -0.2) is 4.98 Å². The number of piperidine rings is 1. The van der Waals surface area contributed by atoms with E-state index < -0.39 is 0 Å². The van der Waals surface area contributed by atoms with Crippen LogP contribution in [0.25, 0.3) is 0 Å². The highest BCUT2D eigenvalue weighted by Crippen LogP contribution is 2.18. The molecule has 1 amide bonds. The maximum Gasteiger partial charge on any atom is 0.274 e. The molecule has 2 rings (SSSR count). The molecule has 1 aliphatic heterocycles.